The number of pyridine rings is 1. The van der Waals surface area contributed by atoms with E-state index >= 15 is 0 Å². The molecule has 2 aromatic rings. The molecule has 1 heterocycles. The van der Waals surface area contributed by atoms with Crippen LogP contribution in [-0.2, 0) is 0 Å². The highest BCUT2D eigenvalue weighted by Crippen LogP contribution is 2.30. The van der Waals surface area contributed by atoms with Crippen molar-refractivity contribution in [1.29, 1.82) is 0 Å². The minimum atomic E-state index is -0.954. The summed E-state index contributed by atoms with van der Waals surface area (Å²) >= 11 is 0. The fraction of sp³-hybridized carbons (Fsp3) is 0.294. The number of rotatable bonds is 5. The van der Waals surface area contributed by atoms with Crippen molar-refractivity contribution in [2.75, 3.05) is 6.54 Å². The van der Waals surface area contributed by atoms with Crippen molar-refractivity contribution in [3.63, 3.8) is 0 Å². The Morgan fingerprint density at radius 1 is 1.26 bits per heavy atom. The van der Waals surface area contributed by atoms with Crippen LogP contribution in [-0.4, -0.2) is 33.5 Å². The summed E-state index contributed by atoms with van der Waals surface area (Å²) in [6.45, 7) is 0.0386. The maximum Gasteiger partial charge on any atom is 0.257 e. The molecule has 1 saturated carbocycles. The molecule has 120 valence electrons. The molecule has 4 nitrogen and oxygen atoms in total. The van der Waals surface area contributed by atoms with Gasteiger partial charge in [0.1, 0.15) is 5.82 Å². The van der Waals surface area contributed by atoms with Gasteiger partial charge in [-0.1, -0.05) is 12.1 Å². The van der Waals surface area contributed by atoms with Gasteiger partial charge in [-0.3, -0.25) is 9.78 Å². The van der Waals surface area contributed by atoms with E-state index in [4.69, 9.17) is 0 Å². The number of nitrogens with zero attached hydrogens (tertiary/aromatic N) is 2. The fourth-order valence-electron chi connectivity index (χ4n) is 2.46. The number of hydrogen-bond donors (Lipinski definition) is 1. The van der Waals surface area contributed by atoms with Crippen LogP contribution in [0.2, 0.25) is 0 Å². The standard InChI is InChI=1S/C17H16F2N2O2/c18-12-3-1-11(2-4-12)16(22)10-21(13-5-6-13)17(23)14-7-8-20-9-15(14)19/h1-4,7-9,13,16,22H,5-6,10H2. The van der Waals surface area contributed by atoms with Gasteiger partial charge in [0.05, 0.1) is 24.4 Å². The van der Waals surface area contributed by atoms with Crippen molar-refractivity contribution in [3.8, 4) is 0 Å². The van der Waals surface area contributed by atoms with Gasteiger partial charge in [0, 0.05) is 12.2 Å². The second-order valence-electron chi connectivity index (χ2n) is 5.61. The molecule has 0 radical (unpaired) electrons. The molecule has 0 spiro atoms. The average Bonchev–Trinajstić information content (AvgIpc) is 3.37. The summed E-state index contributed by atoms with van der Waals surface area (Å²) in [5, 5.41) is 10.3. The van der Waals surface area contributed by atoms with E-state index in [0.29, 0.717) is 5.56 Å². The molecule has 1 unspecified atom stereocenters. The van der Waals surface area contributed by atoms with Gasteiger partial charge in [-0.2, -0.15) is 0 Å². The van der Waals surface area contributed by atoms with Gasteiger partial charge >= 0.3 is 0 Å². The van der Waals surface area contributed by atoms with Crippen LogP contribution in [0.4, 0.5) is 8.78 Å². The van der Waals surface area contributed by atoms with E-state index in [0.717, 1.165) is 19.0 Å². The average molecular weight is 318 g/mol. The SMILES string of the molecule is O=C(c1ccncc1F)N(CC(O)c1ccc(F)cc1)C1CC1. The Balaban J connectivity index is 1.78. The smallest absolute Gasteiger partial charge is 0.257 e. The van der Waals surface area contributed by atoms with E-state index in [1.807, 2.05) is 0 Å². The number of halogens is 2. The first kappa shape index (κ1) is 15.6. The molecule has 1 fully saturated rings. The Kier molecular flexibility index (Phi) is 4.34. The van der Waals surface area contributed by atoms with E-state index in [-0.39, 0.29) is 18.2 Å². The molecular formula is C17H16F2N2O2. The maximum absolute atomic E-state index is 13.8. The number of aliphatic hydroxyl groups excluding tert-OH is 1. The zero-order chi connectivity index (χ0) is 16.4. The minimum absolute atomic E-state index is 0.00478. The summed E-state index contributed by atoms with van der Waals surface area (Å²) in [7, 11) is 0. The Morgan fingerprint density at radius 3 is 2.57 bits per heavy atom. The summed E-state index contributed by atoms with van der Waals surface area (Å²) < 4.78 is 26.7. The number of amides is 1. The lowest BCUT2D eigenvalue weighted by Gasteiger charge is -2.25. The van der Waals surface area contributed by atoms with Gasteiger partial charge in [0.15, 0.2) is 5.82 Å². The lowest BCUT2D eigenvalue weighted by Crippen LogP contribution is -2.37. The first-order valence-electron chi connectivity index (χ1n) is 7.40. The van der Waals surface area contributed by atoms with Crippen LogP contribution in [0.5, 0.6) is 0 Å². The van der Waals surface area contributed by atoms with Crippen molar-refractivity contribution in [1.82, 2.24) is 9.88 Å². The molecule has 1 aliphatic carbocycles. The third kappa shape index (κ3) is 3.53. The monoisotopic (exact) mass is 318 g/mol. The lowest BCUT2D eigenvalue weighted by molar-refractivity contribution is 0.0598. The molecule has 1 amide bonds. The Bertz CT molecular complexity index is 702. The van der Waals surface area contributed by atoms with Crippen molar-refractivity contribution in [3.05, 3.63) is 65.5 Å². The minimum Gasteiger partial charge on any atom is -0.387 e. The number of carbonyl (C=O) groups excluding carboxylic acids is 1. The second kappa shape index (κ2) is 6.42. The summed E-state index contributed by atoms with van der Waals surface area (Å²) in [5.74, 6) is -1.54. The van der Waals surface area contributed by atoms with Crippen LogP contribution in [0.15, 0.2) is 42.7 Å². The van der Waals surface area contributed by atoms with Crippen LogP contribution >= 0.6 is 0 Å². The van der Waals surface area contributed by atoms with Crippen LogP contribution in [0.25, 0.3) is 0 Å². The van der Waals surface area contributed by atoms with E-state index < -0.39 is 23.6 Å². The molecular weight excluding hydrogens is 302 g/mol. The zero-order valence-electron chi connectivity index (χ0n) is 12.3. The third-order valence-electron chi connectivity index (χ3n) is 3.88. The normalized spacial score (nSPS) is 15.3. The fourth-order valence-corrected chi connectivity index (χ4v) is 2.46. The first-order chi connectivity index (χ1) is 11.1. The van der Waals surface area contributed by atoms with Gasteiger partial charge in [-0.25, -0.2) is 8.78 Å². The second-order valence-corrected chi connectivity index (χ2v) is 5.61. The quantitative estimate of drug-likeness (QED) is 0.922. The molecule has 1 atom stereocenters. The third-order valence-corrected chi connectivity index (χ3v) is 3.88. The topological polar surface area (TPSA) is 53.4 Å². The Labute approximate surface area is 132 Å². The van der Waals surface area contributed by atoms with Gasteiger partial charge in [0.2, 0.25) is 0 Å². The van der Waals surface area contributed by atoms with Gasteiger partial charge in [-0.15, -0.1) is 0 Å². The van der Waals surface area contributed by atoms with Crippen molar-refractivity contribution in [2.45, 2.75) is 25.0 Å². The zero-order valence-corrected chi connectivity index (χ0v) is 12.3. The van der Waals surface area contributed by atoms with Gasteiger partial charge in [-0.05, 0) is 36.6 Å². The van der Waals surface area contributed by atoms with Crippen molar-refractivity contribution < 1.29 is 18.7 Å². The highest BCUT2D eigenvalue weighted by molar-refractivity contribution is 5.94. The van der Waals surface area contributed by atoms with E-state index in [1.54, 1.807) is 0 Å². The van der Waals surface area contributed by atoms with E-state index in [2.05, 4.69) is 4.98 Å². The highest BCUT2D eigenvalue weighted by Gasteiger charge is 2.35. The summed E-state index contributed by atoms with van der Waals surface area (Å²) in [4.78, 5) is 17.7. The van der Waals surface area contributed by atoms with Crippen LogP contribution in [0.1, 0.15) is 34.9 Å². The molecule has 23 heavy (non-hydrogen) atoms. The molecule has 1 aromatic heterocycles. The molecule has 0 aliphatic heterocycles. The molecule has 0 bridgehead atoms. The van der Waals surface area contributed by atoms with Crippen LogP contribution in [0, 0.1) is 11.6 Å². The Hall–Kier alpha value is -2.34. The molecule has 3 rings (SSSR count). The van der Waals surface area contributed by atoms with Crippen LogP contribution in [0.3, 0.4) is 0 Å². The number of hydrogen-bond acceptors (Lipinski definition) is 3. The summed E-state index contributed by atoms with van der Waals surface area (Å²) in [6, 6.07) is 6.79. The molecule has 1 N–H and O–H groups in total. The summed E-state index contributed by atoms with van der Waals surface area (Å²) in [6.07, 6.45) is 3.06. The largest absolute Gasteiger partial charge is 0.387 e. The van der Waals surface area contributed by atoms with Crippen LogP contribution < -0.4 is 0 Å². The Morgan fingerprint density at radius 2 is 1.96 bits per heavy atom. The predicted octanol–water partition coefficient (Wildman–Crippen LogP) is 2.70. The molecule has 1 aliphatic rings. The summed E-state index contributed by atoms with van der Waals surface area (Å²) in [5.41, 5.74) is 0.457. The van der Waals surface area contributed by atoms with E-state index in [9.17, 15) is 18.7 Å². The predicted molar refractivity (Wildman–Crippen MR) is 79.6 cm³/mol. The number of aromatic nitrogens is 1. The number of carbonyl (C=O) groups is 1. The maximum atomic E-state index is 13.8. The number of benzene rings is 1. The van der Waals surface area contributed by atoms with E-state index in [1.165, 1.54) is 41.4 Å². The van der Waals surface area contributed by atoms with Gasteiger partial charge in [0.25, 0.3) is 5.91 Å². The first-order valence-corrected chi connectivity index (χ1v) is 7.40. The van der Waals surface area contributed by atoms with Crippen molar-refractivity contribution >= 4 is 5.91 Å². The molecule has 1 aromatic carbocycles. The molecule has 0 saturated heterocycles. The highest BCUT2D eigenvalue weighted by atomic mass is 19.1. The number of aliphatic hydroxyl groups is 1. The van der Waals surface area contributed by atoms with Gasteiger partial charge < -0.3 is 10.0 Å². The molecule has 6 heteroatoms. The van der Waals surface area contributed by atoms with Crippen molar-refractivity contribution in [2.24, 2.45) is 0 Å². The lowest BCUT2D eigenvalue weighted by atomic mass is 10.1.